The average molecular weight is 649 g/mol. The van der Waals surface area contributed by atoms with Crippen molar-refractivity contribution in [3.05, 3.63) is 65.5 Å². The highest BCUT2D eigenvalue weighted by atomic mass is 19.3. The number of imide groups is 1. The van der Waals surface area contributed by atoms with Gasteiger partial charge in [0.05, 0.1) is 42.8 Å². The number of anilines is 2. The molecule has 0 spiro atoms. The third kappa shape index (κ3) is 6.55. The lowest BCUT2D eigenvalue weighted by atomic mass is 9.93. The Morgan fingerprint density at radius 1 is 1.11 bits per heavy atom. The standard InChI is InChI=1S/C31H34F2N10O4/c32-28(33)27-24(36-31(46)22-16-35-42-10-6-25(37-29(22)42)41-11-13-47-14-12-41)18-43(39-27)20-4-8-40(9-5-20)17-19-3-7-34-23(15-19)21-1-2-26(44)38-30(21)45/h3,6-7,10,15-16,18,20-21,28H,1-2,4-5,8-9,11-14,17H2,(H,36,46)(H,38,44,45). The number of fused-ring (bicyclic) bond motifs is 1. The molecule has 7 heterocycles. The Kier molecular flexibility index (Phi) is 8.60. The molecule has 0 aromatic carbocycles. The van der Waals surface area contributed by atoms with Crippen molar-refractivity contribution in [2.45, 2.75) is 50.6 Å². The summed E-state index contributed by atoms with van der Waals surface area (Å²) in [5.41, 5.74) is 1.60. The second-order valence-corrected chi connectivity index (χ2v) is 12.0. The summed E-state index contributed by atoms with van der Waals surface area (Å²) < 4.78 is 36.6. The minimum atomic E-state index is -2.88. The molecule has 3 amide bonds. The fourth-order valence-electron chi connectivity index (χ4n) is 6.39. The van der Waals surface area contributed by atoms with Crippen molar-refractivity contribution >= 4 is 34.9 Å². The minimum absolute atomic E-state index is 0.0473. The maximum atomic E-state index is 14.1. The van der Waals surface area contributed by atoms with Gasteiger partial charge >= 0.3 is 0 Å². The summed E-state index contributed by atoms with van der Waals surface area (Å²) in [6.07, 6.45) is 5.43. The van der Waals surface area contributed by atoms with Crippen LogP contribution in [0.4, 0.5) is 20.3 Å². The number of pyridine rings is 1. The molecule has 1 atom stereocenters. The first-order chi connectivity index (χ1) is 22.8. The number of hydrogen-bond donors (Lipinski definition) is 2. The van der Waals surface area contributed by atoms with E-state index in [1.165, 1.54) is 21.6 Å². The number of morpholine rings is 1. The van der Waals surface area contributed by atoms with E-state index in [9.17, 15) is 23.2 Å². The SMILES string of the molecule is O=C1CCC(c2cc(CN3CCC(n4cc(NC(=O)c5cnn6ccc(N7CCOCC7)nc56)c(C(F)F)n4)CC3)ccn2)C(=O)N1. The highest BCUT2D eigenvalue weighted by Crippen LogP contribution is 2.31. The van der Waals surface area contributed by atoms with Gasteiger partial charge in [0, 0.05) is 57.7 Å². The van der Waals surface area contributed by atoms with Crippen molar-refractivity contribution in [2.24, 2.45) is 0 Å². The molecule has 246 valence electrons. The molecule has 16 heteroatoms. The van der Waals surface area contributed by atoms with E-state index >= 15 is 0 Å². The molecule has 14 nitrogen and oxygen atoms in total. The van der Waals surface area contributed by atoms with Crippen LogP contribution in [0.1, 0.15) is 71.4 Å². The number of nitrogens with zero attached hydrogens (tertiary/aromatic N) is 8. The summed E-state index contributed by atoms with van der Waals surface area (Å²) in [6, 6.07) is 5.50. The molecule has 3 aliphatic rings. The smallest absolute Gasteiger partial charge is 0.284 e. The van der Waals surface area contributed by atoms with E-state index in [2.05, 4.69) is 40.6 Å². The van der Waals surface area contributed by atoms with Crippen molar-refractivity contribution in [1.29, 1.82) is 0 Å². The lowest BCUT2D eigenvalue weighted by Gasteiger charge is -2.32. The van der Waals surface area contributed by atoms with E-state index < -0.39 is 23.9 Å². The molecular formula is C31H34F2N10O4. The van der Waals surface area contributed by atoms with Crippen LogP contribution in [0.3, 0.4) is 0 Å². The van der Waals surface area contributed by atoms with Gasteiger partial charge in [-0.05, 0) is 43.0 Å². The number of aromatic nitrogens is 6. The molecular weight excluding hydrogens is 614 g/mol. The summed E-state index contributed by atoms with van der Waals surface area (Å²) in [6.45, 7) is 4.54. The predicted molar refractivity (Wildman–Crippen MR) is 164 cm³/mol. The number of rotatable bonds is 8. The van der Waals surface area contributed by atoms with Crippen LogP contribution in [0.15, 0.2) is 43.0 Å². The van der Waals surface area contributed by atoms with Gasteiger partial charge in [-0.25, -0.2) is 18.3 Å². The van der Waals surface area contributed by atoms with Crippen LogP contribution in [0, 0.1) is 0 Å². The molecule has 3 aliphatic heterocycles. The van der Waals surface area contributed by atoms with Gasteiger partial charge in [-0.2, -0.15) is 10.2 Å². The molecule has 1 unspecified atom stereocenters. The fourth-order valence-corrected chi connectivity index (χ4v) is 6.39. The zero-order chi connectivity index (χ0) is 32.5. The van der Waals surface area contributed by atoms with Crippen LogP contribution < -0.4 is 15.5 Å². The number of carbonyl (C=O) groups is 3. The summed E-state index contributed by atoms with van der Waals surface area (Å²) in [5.74, 6) is -0.954. The monoisotopic (exact) mass is 648 g/mol. The number of amides is 3. The van der Waals surface area contributed by atoms with Gasteiger partial charge in [0.2, 0.25) is 11.8 Å². The van der Waals surface area contributed by atoms with Gasteiger partial charge in [0.1, 0.15) is 11.4 Å². The van der Waals surface area contributed by atoms with Gasteiger partial charge in [-0.15, -0.1) is 0 Å². The van der Waals surface area contributed by atoms with E-state index in [4.69, 9.17) is 4.74 Å². The number of alkyl halides is 2. The Labute approximate surface area is 268 Å². The molecule has 4 aromatic heterocycles. The van der Waals surface area contributed by atoms with Gasteiger partial charge in [-0.1, -0.05) is 0 Å². The maximum absolute atomic E-state index is 14.1. The number of piperidine rings is 2. The normalized spacial score (nSPS) is 19.8. The topological polar surface area (TPSA) is 152 Å². The Morgan fingerprint density at radius 3 is 2.68 bits per heavy atom. The highest BCUT2D eigenvalue weighted by Gasteiger charge is 2.30. The highest BCUT2D eigenvalue weighted by molar-refractivity contribution is 6.08. The Hall–Kier alpha value is -4.83. The van der Waals surface area contributed by atoms with Crippen molar-refractivity contribution in [1.82, 2.24) is 39.6 Å². The van der Waals surface area contributed by atoms with Crippen molar-refractivity contribution in [2.75, 3.05) is 49.6 Å². The van der Waals surface area contributed by atoms with Crippen molar-refractivity contribution in [3.8, 4) is 0 Å². The molecule has 0 radical (unpaired) electrons. The van der Waals surface area contributed by atoms with Crippen LogP contribution in [0.25, 0.3) is 5.65 Å². The molecule has 0 aliphatic carbocycles. The largest absolute Gasteiger partial charge is 0.378 e. The molecule has 4 aromatic rings. The molecule has 3 saturated heterocycles. The number of halogens is 2. The van der Waals surface area contributed by atoms with Gasteiger partial charge in [0.25, 0.3) is 12.3 Å². The molecule has 2 N–H and O–H groups in total. The molecule has 3 fully saturated rings. The molecule has 0 saturated carbocycles. The maximum Gasteiger partial charge on any atom is 0.284 e. The summed E-state index contributed by atoms with van der Waals surface area (Å²) in [5, 5.41) is 13.4. The van der Waals surface area contributed by atoms with Crippen molar-refractivity contribution in [3.63, 3.8) is 0 Å². The first kappa shape index (κ1) is 30.8. The van der Waals surface area contributed by atoms with E-state index in [1.807, 2.05) is 18.2 Å². The third-order valence-electron chi connectivity index (χ3n) is 8.93. The van der Waals surface area contributed by atoms with Gasteiger partial charge in [-0.3, -0.25) is 34.3 Å². The van der Waals surface area contributed by atoms with Crippen LogP contribution >= 0.6 is 0 Å². The number of ether oxygens (including phenoxy) is 1. The van der Waals surface area contributed by atoms with E-state index in [-0.39, 0.29) is 35.5 Å². The summed E-state index contributed by atoms with van der Waals surface area (Å²) in [7, 11) is 0. The summed E-state index contributed by atoms with van der Waals surface area (Å²) >= 11 is 0. The third-order valence-corrected chi connectivity index (χ3v) is 8.93. The lowest BCUT2D eigenvalue weighted by molar-refractivity contribution is -0.134. The first-order valence-electron chi connectivity index (χ1n) is 15.7. The Bertz CT molecular complexity index is 1800. The van der Waals surface area contributed by atoms with Crippen LogP contribution in [-0.2, 0) is 20.9 Å². The number of hydrogen-bond acceptors (Lipinski definition) is 10. The number of likely N-dealkylation sites (tertiary alicyclic amines) is 1. The van der Waals surface area contributed by atoms with Crippen LogP contribution in [0.2, 0.25) is 0 Å². The second-order valence-electron chi connectivity index (χ2n) is 12.0. The fraction of sp³-hybridized carbons (Fsp3) is 0.452. The van der Waals surface area contributed by atoms with E-state index in [0.717, 1.165) is 5.56 Å². The van der Waals surface area contributed by atoms with Crippen LogP contribution in [0.5, 0.6) is 0 Å². The van der Waals surface area contributed by atoms with Crippen molar-refractivity contribution < 1.29 is 27.9 Å². The van der Waals surface area contributed by atoms with E-state index in [1.54, 1.807) is 12.4 Å². The average Bonchev–Trinajstić information content (AvgIpc) is 3.70. The molecule has 47 heavy (non-hydrogen) atoms. The Morgan fingerprint density at radius 2 is 1.91 bits per heavy atom. The van der Waals surface area contributed by atoms with Crippen LogP contribution in [-0.4, -0.2) is 91.4 Å². The minimum Gasteiger partial charge on any atom is -0.378 e. The Balaban J connectivity index is 1.00. The quantitative estimate of drug-likeness (QED) is 0.273. The zero-order valence-electron chi connectivity index (χ0n) is 25.5. The predicted octanol–water partition coefficient (Wildman–Crippen LogP) is 2.70. The number of nitrogens with one attached hydrogen (secondary N) is 2. The van der Waals surface area contributed by atoms with Gasteiger partial charge < -0.3 is 15.0 Å². The lowest BCUT2D eigenvalue weighted by Crippen LogP contribution is -2.39. The molecule has 0 bridgehead atoms. The molecule has 7 rings (SSSR count). The summed E-state index contributed by atoms with van der Waals surface area (Å²) in [4.78, 5) is 50.5. The zero-order valence-corrected chi connectivity index (χ0v) is 25.5. The van der Waals surface area contributed by atoms with Gasteiger partial charge in [0.15, 0.2) is 11.3 Å². The van der Waals surface area contributed by atoms with E-state index in [0.29, 0.717) is 82.4 Å². The first-order valence-corrected chi connectivity index (χ1v) is 15.7. The second kappa shape index (κ2) is 13.1. The number of carbonyl (C=O) groups excluding carboxylic acids is 3.